The van der Waals surface area contributed by atoms with Gasteiger partial charge in [-0.05, 0) is 49.6 Å². The summed E-state index contributed by atoms with van der Waals surface area (Å²) in [5, 5.41) is 4.36. The average Bonchev–Trinajstić information content (AvgIpc) is 2.64. The Morgan fingerprint density at radius 3 is 2.79 bits per heavy atom. The fourth-order valence-electron chi connectivity index (χ4n) is 2.56. The van der Waals surface area contributed by atoms with Gasteiger partial charge < -0.3 is 9.47 Å². The molecule has 0 unspecified atom stereocenters. The monoisotopic (exact) mass is 398 g/mol. The van der Waals surface area contributed by atoms with Crippen molar-refractivity contribution in [1.82, 2.24) is 5.43 Å². The summed E-state index contributed by atoms with van der Waals surface area (Å²) in [4.78, 5) is 12.2. The molecule has 1 N–H and O–H groups in total. The number of nitrogens with one attached hydrogen (secondary N) is 1. The van der Waals surface area contributed by atoms with Crippen LogP contribution in [0, 0.1) is 26.2 Å². The van der Waals surface area contributed by atoms with Gasteiger partial charge in [0.2, 0.25) is 5.91 Å². The molecule has 1 amide bonds. The van der Waals surface area contributed by atoms with E-state index < -0.39 is 0 Å². The van der Waals surface area contributed by atoms with Crippen molar-refractivity contribution in [2.24, 2.45) is 5.10 Å². The number of hydrogen-bond donors (Lipinski definition) is 1. The minimum atomic E-state index is -0.199. The van der Waals surface area contributed by atoms with E-state index in [1.54, 1.807) is 12.1 Å². The number of benzene rings is 2. The number of carbonyl (C=O) groups is 1. The molecule has 0 spiro atoms. The minimum absolute atomic E-state index is 0.0850. The predicted octanol–water partition coefficient (Wildman–Crippen LogP) is 4.06. The van der Waals surface area contributed by atoms with E-state index >= 15 is 0 Å². The van der Waals surface area contributed by atoms with Gasteiger partial charge in [-0.25, -0.2) is 5.43 Å². The number of hydrazone groups is 1. The fraction of sp³-hybridized carbons (Fsp3) is 0.273. The third-order valence-electron chi connectivity index (χ3n) is 3.89. The van der Waals surface area contributed by atoms with Gasteiger partial charge in [0, 0.05) is 0 Å². The Hall–Kier alpha value is -2.97. The van der Waals surface area contributed by atoms with Crippen LogP contribution in [-0.4, -0.2) is 25.3 Å². The summed E-state index contributed by atoms with van der Waals surface area (Å²) in [7, 11) is 0. The molecule has 2 rings (SSSR count). The maximum atomic E-state index is 12.2. The largest absolute Gasteiger partial charge is 0.490 e. The minimum Gasteiger partial charge on any atom is -0.490 e. The van der Waals surface area contributed by atoms with Crippen molar-refractivity contribution in [1.29, 1.82) is 0 Å². The van der Waals surface area contributed by atoms with Gasteiger partial charge in [-0.3, -0.25) is 4.79 Å². The molecule has 0 saturated heterocycles. The highest BCUT2D eigenvalue weighted by Gasteiger charge is 2.12. The van der Waals surface area contributed by atoms with Crippen LogP contribution in [-0.2, 0) is 11.2 Å². The quantitative estimate of drug-likeness (QED) is 0.414. The average molecular weight is 399 g/mol. The van der Waals surface area contributed by atoms with Gasteiger partial charge >= 0.3 is 0 Å². The second-order valence-corrected chi connectivity index (χ2v) is 6.56. The van der Waals surface area contributed by atoms with Gasteiger partial charge in [0.15, 0.2) is 11.5 Å². The lowest BCUT2D eigenvalue weighted by Gasteiger charge is -2.12. The highest BCUT2D eigenvalue weighted by molar-refractivity contribution is 6.32. The molecule has 28 heavy (non-hydrogen) atoms. The van der Waals surface area contributed by atoms with Crippen LogP contribution in [0.1, 0.15) is 29.2 Å². The summed E-state index contributed by atoms with van der Waals surface area (Å²) in [5.74, 6) is 3.04. The molecule has 2 aromatic rings. The first-order valence-electron chi connectivity index (χ1n) is 8.85. The van der Waals surface area contributed by atoms with Crippen LogP contribution < -0.4 is 14.9 Å². The van der Waals surface area contributed by atoms with Crippen LogP contribution in [0.3, 0.4) is 0 Å². The second kappa shape index (κ2) is 10.4. The summed E-state index contributed by atoms with van der Waals surface area (Å²) in [6.45, 7) is 6.35. The second-order valence-electron chi connectivity index (χ2n) is 6.16. The first kappa shape index (κ1) is 21.3. The van der Waals surface area contributed by atoms with Gasteiger partial charge in [-0.15, -0.1) is 6.42 Å². The third-order valence-corrected chi connectivity index (χ3v) is 4.17. The highest BCUT2D eigenvalue weighted by Crippen LogP contribution is 2.36. The van der Waals surface area contributed by atoms with E-state index in [2.05, 4.69) is 16.4 Å². The molecule has 5 nitrogen and oxygen atoms in total. The number of rotatable bonds is 8. The lowest BCUT2D eigenvalue weighted by molar-refractivity contribution is -0.120. The van der Waals surface area contributed by atoms with Crippen molar-refractivity contribution in [3.05, 3.63) is 57.6 Å². The summed E-state index contributed by atoms with van der Waals surface area (Å²) < 4.78 is 11.0. The normalized spacial score (nSPS) is 10.5. The van der Waals surface area contributed by atoms with Crippen LogP contribution in [0.4, 0.5) is 0 Å². The number of terminal acetylenes is 1. The molecule has 0 bridgehead atoms. The number of aryl methyl sites for hydroxylation is 2. The fourth-order valence-corrected chi connectivity index (χ4v) is 2.84. The van der Waals surface area contributed by atoms with Crippen LogP contribution in [0.5, 0.6) is 11.5 Å². The van der Waals surface area contributed by atoms with Crippen LogP contribution in [0.25, 0.3) is 0 Å². The first-order chi connectivity index (χ1) is 13.4. The zero-order chi connectivity index (χ0) is 20.5. The van der Waals surface area contributed by atoms with E-state index in [0.717, 1.165) is 16.7 Å². The molecule has 0 aliphatic rings. The number of hydrogen-bond acceptors (Lipinski definition) is 4. The molecule has 0 fully saturated rings. The summed E-state index contributed by atoms with van der Waals surface area (Å²) in [6.07, 6.45) is 6.99. The van der Waals surface area contributed by atoms with Crippen molar-refractivity contribution < 1.29 is 14.3 Å². The van der Waals surface area contributed by atoms with E-state index in [-0.39, 0.29) is 18.9 Å². The third kappa shape index (κ3) is 6.04. The topological polar surface area (TPSA) is 59.9 Å². The lowest BCUT2D eigenvalue weighted by Crippen LogP contribution is -2.20. The molecule has 0 atom stereocenters. The SMILES string of the molecule is C#CCOc1c(Cl)cc(/C=N/NC(=O)Cc2cc(C)ccc2C)cc1OCC. The van der Waals surface area contributed by atoms with Crippen LogP contribution >= 0.6 is 11.6 Å². The Kier molecular flexibility index (Phi) is 7.91. The lowest BCUT2D eigenvalue weighted by atomic mass is 10.0. The Bertz CT molecular complexity index is 917. The van der Waals surface area contributed by atoms with Crippen molar-refractivity contribution in [3.8, 4) is 23.8 Å². The van der Waals surface area contributed by atoms with Crippen LogP contribution in [0.2, 0.25) is 5.02 Å². The van der Waals surface area contributed by atoms with Crippen molar-refractivity contribution in [2.75, 3.05) is 13.2 Å². The van der Waals surface area contributed by atoms with Gasteiger partial charge in [0.25, 0.3) is 0 Å². The van der Waals surface area contributed by atoms with Crippen molar-refractivity contribution in [2.45, 2.75) is 27.2 Å². The van der Waals surface area contributed by atoms with Crippen molar-refractivity contribution in [3.63, 3.8) is 0 Å². The molecule has 0 aliphatic heterocycles. The summed E-state index contributed by atoms with van der Waals surface area (Å²) in [5.41, 5.74) is 6.35. The van der Waals surface area contributed by atoms with Gasteiger partial charge in [-0.2, -0.15) is 5.10 Å². The zero-order valence-electron chi connectivity index (χ0n) is 16.2. The number of amides is 1. The van der Waals surface area contributed by atoms with Crippen molar-refractivity contribution >= 4 is 23.7 Å². The standard InChI is InChI=1S/C22H23ClN2O3/c1-5-9-28-22-19(23)11-17(12-20(22)27-6-2)14-24-25-21(26)13-18-10-15(3)7-8-16(18)4/h1,7-8,10-12,14H,6,9,13H2,2-4H3,(H,25,26)/b24-14+. The van der Waals surface area contributed by atoms with E-state index in [1.807, 2.05) is 39.0 Å². The Morgan fingerprint density at radius 2 is 2.07 bits per heavy atom. The molecule has 0 radical (unpaired) electrons. The highest BCUT2D eigenvalue weighted by atomic mass is 35.5. The van der Waals surface area contributed by atoms with E-state index in [0.29, 0.717) is 28.7 Å². The smallest absolute Gasteiger partial charge is 0.244 e. The Morgan fingerprint density at radius 1 is 1.29 bits per heavy atom. The molecular formula is C22H23ClN2O3. The maximum absolute atomic E-state index is 12.2. The molecule has 6 heteroatoms. The molecule has 0 saturated carbocycles. The Balaban J connectivity index is 2.07. The first-order valence-corrected chi connectivity index (χ1v) is 9.23. The van der Waals surface area contributed by atoms with Crippen LogP contribution in [0.15, 0.2) is 35.4 Å². The molecule has 0 heterocycles. The number of ether oxygens (including phenoxy) is 2. The van der Waals surface area contributed by atoms with Gasteiger partial charge in [-0.1, -0.05) is 41.3 Å². The molecular weight excluding hydrogens is 376 g/mol. The summed E-state index contributed by atoms with van der Waals surface area (Å²) in [6, 6.07) is 9.41. The molecule has 0 aromatic heterocycles. The van der Waals surface area contributed by atoms with Gasteiger partial charge in [0.1, 0.15) is 6.61 Å². The molecule has 146 valence electrons. The van der Waals surface area contributed by atoms with E-state index in [9.17, 15) is 4.79 Å². The Labute approximate surface area is 170 Å². The predicted molar refractivity (Wildman–Crippen MR) is 112 cm³/mol. The molecule has 0 aliphatic carbocycles. The number of nitrogens with zero attached hydrogens (tertiary/aromatic N) is 1. The van der Waals surface area contributed by atoms with E-state index in [1.165, 1.54) is 6.21 Å². The number of carbonyl (C=O) groups excluding carboxylic acids is 1. The molecule has 2 aromatic carbocycles. The summed E-state index contributed by atoms with van der Waals surface area (Å²) >= 11 is 6.26. The zero-order valence-corrected chi connectivity index (χ0v) is 17.0. The number of halogens is 1. The van der Waals surface area contributed by atoms with Gasteiger partial charge in [0.05, 0.1) is 24.3 Å². The maximum Gasteiger partial charge on any atom is 0.244 e. The van der Waals surface area contributed by atoms with E-state index in [4.69, 9.17) is 27.5 Å².